The molecule has 0 bridgehead atoms. The van der Waals surface area contributed by atoms with Crippen molar-refractivity contribution in [3.8, 4) is 0 Å². The van der Waals surface area contributed by atoms with E-state index in [1.165, 1.54) is 12.0 Å². The molecule has 0 spiro atoms. The Kier molecular flexibility index (Phi) is 4.48. The maximum absolute atomic E-state index is 12.5. The van der Waals surface area contributed by atoms with Crippen LogP contribution in [-0.2, 0) is 0 Å². The molecule has 4 heteroatoms. The van der Waals surface area contributed by atoms with E-state index in [1.54, 1.807) is 18.0 Å². The van der Waals surface area contributed by atoms with Crippen LogP contribution in [0.15, 0.2) is 53.7 Å². The van der Waals surface area contributed by atoms with Crippen LogP contribution in [-0.4, -0.2) is 17.1 Å². The summed E-state index contributed by atoms with van der Waals surface area (Å²) in [5.41, 5.74) is 1.80. The standard InChI is InChI=1S/C18H20N2OS/c1-12-10-15(12)17(13-6-4-3-5-7-13)20-18(21)14-8-9-16(22-2)19-11-14/h3-9,11-12,15,17H,10H2,1-2H3,(H,20,21). The molecular weight excluding hydrogens is 292 g/mol. The Balaban J connectivity index is 1.76. The Hall–Kier alpha value is -1.81. The fraction of sp³-hybridized carbons (Fsp3) is 0.333. The van der Waals surface area contributed by atoms with Crippen LogP contribution in [0.3, 0.4) is 0 Å². The maximum Gasteiger partial charge on any atom is 0.253 e. The first-order chi connectivity index (χ1) is 10.7. The van der Waals surface area contributed by atoms with Gasteiger partial charge in [-0.1, -0.05) is 37.3 Å². The van der Waals surface area contributed by atoms with Gasteiger partial charge in [0.2, 0.25) is 0 Å². The van der Waals surface area contributed by atoms with E-state index in [1.807, 2.05) is 36.6 Å². The number of amides is 1. The summed E-state index contributed by atoms with van der Waals surface area (Å²) in [6.07, 6.45) is 4.80. The van der Waals surface area contributed by atoms with Crippen molar-refractivity contribution < 1.29 is 4.79 Å². The van der Waals surface area contributed by atoms with Gasteiger partial charge < -0.3 is 5.32 Å². The molecule has 22 heavy (non-hydrogen) atoms. The molecule has 3 atom stereocenters. The lowest BCUT2D eigenvalue weighted by atomic mass is 10.0. The number of nitrogens with one attached hydrogen (secondary N) is 1. The zero-order chi connectivity index (χ0) is 15.5. The van der Waals surface area contributed by atoms with Gasteiger partial charge in [-0.3, -0.25) is 4.79 Å². The fourth-order valence-corrected chi connectivity index (χ4v) is 3.14. The third kappa shape index (κ3) is 3.33. The second-order valence-corrected chi connectivity index (χ2v) is 6.65. The number of benzene rings is 1. The predicted octanol–water partition coefficient (Wildman–Crippen LogP) is 3.93. The second-order valence-electron chi connectivity index (χ2n) is 5.83. The molecule has 1 N–H and O–H groups in total. The van der Waals surface area contributed by atoms with E-state index in [9.17, 15) is 4.79 Å². The second kappa shape index (κ2) is 6.53. The van der Waals surface area contributed by atoms with Crippen molar-refractivity contribution in [3.63, 3.8) is 0 Å². The van der Waals surface area contributed by atoms with Gasteiger partial charge in [-0.25, -0.2) is 4.98 Å². The van der Waals surface area contributed by atoms with Gasteiger partial charge in [-0.05, 0) is 42.2 Å². The highest BCUT2D eigenvalue weighted by atomic mass is 32.2. The van der Waals surface area contributed by atoms with Crippen LogP contribution in [0.2, 0.25) is 0 Å². The monoisotopic (exact) mass is 312 g/mol. The highest BCUT2D eigenvalue weighted by Crippen LogP contribution is 2.47. The highest BCUT2D eigenvalue weighted by molar-refractivity contribution is 7.98. The highest BCUT2D eigenvalue weighted by Gasteiger charge is 2.40. The van der Waals surface area contributed by atoms with Gasteiger partial charge in [0.25, 0.3) is 5.91 Å². The van der Waals surface area contributed by atoms with Crippen LogP contribution in [0.1, 0.15) is 35.3 Å². The molecule has 1 saturated carbocycles. The topological polar surface area (TPSA) is 42.0 Å². The zero-order valence-corrected chi connectivity index (χ0v) is 13.6. The summed E-state index contributed by atoms with van der Waals surface area (Å²) in [7, 11) is 0. The summed E-state index contributed by atoms with van der Waals surface area (Å²) < 4.78 is 0. The van der Waals surface area contributed by atoms with Crippen molar-refractivity contribution in [2.45, 2.75) is 24.4 Å². The smallest absolute Gasteiger partial charge is 0.253 e. The van der Waals surface area contributed by atoms with Crippen molar-refractivity contribution in [1.82, 2.24) is 10.3 Å². The maximum atomic E-state index is 12.5. The number of hydrogen-bond acceptors (Lipinski definition) is 3. The van der Waals surface area contributed by atoms with Crippen LogP contribution in [0.5, 0.6) is 0 Å². The minimum absolute atomic E-state index is 0.0480. The van der Waals surface area contributed by atoms with Crippen LogP contribution in [0.4, 0.5) is 0 Å². The molecule has 114 valence electrons. The first kappa shape index (κ1) is 15.1. The summed E-state index contributed by atoms with van der Waals surface area (Å²) >= 11 is 1.57. The van der Waals surface area contributed by atoms with Crippen LogP contribution in [0.25, 0.3) is 0 Å². The Morgan fingerprint density at radius 2 is 2.00 bits per heavy atom. The lowest BCUT2D eigenvalue weighted by molar-refractivity contribution is 0.0930. The quantitative estimate of drug-likeness (QED) is 0.851. The molecule has 3 unspecified atom stereocenters. The molecule has 1 aromatic carbocycles. The molecule has 3 nitrogen and oxygen atoms in total. The number of rotatable bonds is 5. The SMILES string of the molecule is CSc1ccc(C(=O)NC(c2ccccc2)C2CC2C)cn1. The van der Waals surface area contributed by atoms with Gasteiger partial charge in [0.05, 0.1) is 16.6 Å². The third-order valence-electron chi connectivity index (χ3n) is 4.25. The number of thioether (sulfide) groups is 1. The fourth-order valence-electron chi connectivity index (χ4n) is 2.77. The minimum Gasteiger partial charge on any atom is -0.345 e. The summed E-state index contributed by atoms with van der Waals surface area (Å²) in [6, 6.07) is 14.0. The molecule has 1 aliphatic rings. The number of nitrogens with zero attached hydrogens (tertiary/aromatic N) is 1. The third-order valence-corrected chi connectivity index (χ3v) is 4.91. The number of carbonyl (C=O) groups is 1. The van der Waals surface area contributed by atoms with Gasteiger partial charge >= 0.3 is 0 Å². The average molecular weight is 312 g/mol. The summed E-state index contributed by atoms with van der Waals surface area (Å²) in [4.78, 5) is 16.8. The van der Waals surface area contributed by atoms with Crippen molar-refractivity contribution in [3.05, 3.63) is 59.8 Å². The molecule has 0 saturated heterocycles. The molecular formula is C18H20N2OS. The van der Waals surface area contributed by atoms with E-state index in [0.717, 1.165) is 5.03 Å². The molecule has 0 aliphatic heterocycles. The largest absolute Gasteiger partial charge is 0.345 e. The molecule has 3 rings (SSSR count). The van der Waals surface area contributed by atoms with Crippen molar-refractivity contribution in [2.24, 2.45) is 11.8 Å². The Labute approximate surface area is 135 Å². The van der Waals surface area contributed by atoms with E-state index in [-0.39, 0.29) is 11.9 Å². The lowest BCUT2D eigenvalue weighted by Crippen LogP contribution is -2.30. The van der Waals surface area contributed by atoms with Crippen molar-refractivity contribution in [1.29, 1.82) is 0 Å². The average Bonchev–Trinajstić information content (AvgIpc) is 3.29. The molecule has 1 aromatic heterocycles. The number of pyridine rings is 1. The number of aromatic nitrogens is 1. The van der Waals surface area contributed by atoms with E-state index < -0.39 is 0 Å². The van der Waals surface area contributed by atoms with Gasteiger partial charge in [0, 0.05) is 6.20 Å². The summed E-state index contributed by atoms with van der Waals surface area (Å²) in [6.45, 7) is 2.24. The first-order valence-electron chi connectivity index (χ1n) is 7.55. The molecule has 1 heterocycles. The molecule has 0 radical (unpaired) electrons. The summed E-state index contributed by atoms with van der Waals surface area (Å²) in [5, 5.41) is 4.12. The van der Waals surface area contributed by atoms with Gasteiger partial charge in [0.15, 0.2) is 0 Å². The van der Waals surface area contributed by atoms with Crippen molar-refractivity contribution in [2.75, 3.05) is 6.26 Å². The van der Waals surface area contributed by atoms with Crippen molar-refractivity contribution >= 4 is 17.7 Å². The molecule has 1 aliphatic carbocycles. The minimum atomic E-state index is -0.0480. The predicted molar refractivity (Wildman–Crippen MR) is 89.9 cm³/mol. The van der Waals surface area contributed by atoms with E-state index in [4.69, 9.17) is 0 Å². The Morgan fingerprint density at radius 1 is 1.27 bits per heavy atom. The van der Waals surface area contributed by atoms with E-state index in [2.05, 4.69) is 29.4 Å². The Morgan fingerprint density at radius 3 is 2.55 bits per heavy atom. The first-order valence-corrected chi connectivity index (χ1v) is 8.77. The molecule has 1 amide bonds. The van der Waals surface area contributed by atoms with Gasteiger partial charge in [-0.2, -0.15) is 0 Å². The number of hydrogen-bond donors (Lipinski definition) is 1. The van der Waals surface area contributed by atoms with E-state index >= 15 is 0 Å². The van der Waals surface area contributed by atoms with Crippen LogP contribution >= 0.6 is 11.8 Å². The molecule has 1 fully saturated rings. The van der Waals surface area contributed by atoms with Gasteiger partial charge in [0.1, 0.15) is 0 Å². The normalized spacial score (nSPS) is 21.2. The van der Waals surface area contributed by atoms with Crippen LogP contribution in [0, 0.1) is 11.8 Å². The molecule has 2 aromatic rings. The lowest BCUT2D eigenvalue weighted by Gasteiger charge is -2.19. The van der Waals surface area contributed by atoms with E-state index in [0.29, 0.717) is 17.4 Å². The zero-order valence-electron chi connectivity index (χ0n) is 12.8. The van der Waals surface area contributed by atoms with Gasteiger partial charge in [-0.15, -0.1) is 11.8 Å². The summed E-state index contributed by atoms with van der Waals surface area (Å²) in [5.74, 6) is 1.15. The van der Waals surface area contributed by atoms with Crippen LogP contribution < -0.4 is 5.32 Å². The Bertz CT molecular complexity index is 642. The number of carbonyl (C=O) groups excluding carboxylic acids is 1.